The van der Waals surface area contributed by atoms with Crippen LogP contribution in [0.25, 0.3) is 10.9 Å². The van der Waals surface area contributed by atoms with Crippen molar-refractivity contribution in [2.24, 2.45) is 0 Å². The van der Waals surface area contributed by atoms with E-state index in [1.165, 1.54) is 23.9 Å². The molecule has 1 N–H and O–H groups in total. The molecule has 0 saturated heterocycles. The molecule has 4 aromatic rings. The van der Waals surface area contributed by atoms with Gasteiger partial charge in [-0.25, -0.2) is 18.4 Å². The van der Waals surface area contributed by atoms with Crippen LogP contribution in [0.3, 0.4) is 0 Å². The van der Waals surface area contributed by atoms with Gasteiger partial charge < -0.3 is 10.1 Å². The van der Waals surface area contributed by atoms with Crippen molar-refractivity contribution in [1.82, 2.24) is 20.2 Å². The van der Waals surface area contributed by atoms with Gasteiger partial charge in [-0.15, -0.1) is 10.2 Å². The van der Waals surface area contributed by atoms with Gasteiger partial charge in [0.25, 0.3) is 0 Å². The molecule has 8 nitrogen and oxygen atoms in total. The number of nitrogens with zero attached hydrogens (tertiary/aromatic N) is 4. The molecule has 0 atom stereocenters. The summed E-state index contributed by atoms with van der Waals surface area (Å²) in [6, 6.07) is 10.3. The second-order valence-corrected chi connectivity index (χ2v) is 9.80. The van der Waals surface area contributed by atoms with E-state index in [0.717, 1.165) is 15.4 Å². The number of anilines is 2. The quantitative estimate of drug-likeness (QED) is 0.431. The summed E-state index contributed by atoms with van der Waals surface area (Å²) in [4.78, 5) is 8.85. The number of rotatable bonds is 6. The van der Waals surface area contributed by atoms with Gasteiger partial charge in [0.15, 0.2) is 9.84 Å². The third kappa shape index (κ3) is 4.52. The largest absolute Gasteiger partial charge is 0.488 e. The number of benzene rings is 2. The van der Waals surface area contributed by atoms with E-state index < -0.39 is 9.84 Å². The Kier molecular flexibility index (Phi) is 5.43. The van der Waals surface area contributed by atoms with Crippen molar-refractivity contribution in [2.75, 3.05) is 11.6 Å². The average Bonchev–Trinajstić information content (AvgIpc) is 3.20. The lowest BCUT2D eigenvalue weighted by molar-refractivity contribution is 0.304. The van der Waals surface area contributed by atoms with Gasteiger partial charge in [-0.2, -0.15) is 0 Å². The molecule has 0 aliphatic carbocycles. The zero-order chi connectivity index (χ0) is 20.4. The highest BCUT2D eigenvalue weighted by atomic mass is 79.9. The minimum atomic E-state index is -3.27. The van der Waals surface area contributed by atoms with Gasteiger partial charge in [0.1, 0.15) is 30.0 Å². The molecular weight excluding hydrogens is 478 g/mol. The van der Waals surface area contributed by atoms with Crippen molar-refractivity contribution < 1.29 is 13.2 Å². The number of halogens is 1. The van der Waals surface area contributed by atoms with Crippen LogP contribution in [0.4, 0.5) is 10.9 Å². The normalized spacial score (nSPS) is 11.5. The van der Waals surface area contributed by atoms with Gasteiger partial charge in [-0.1, -0.05) is 23.5 Å². The molecule has 11 heteroatoms. The molecule has 0 saturated carbocycles. The Hall–Kier alpha value is -2.63. The van der Waals surface area contributed by atoms with E-state index in [1.54, 1.807) is 29.8 Å². The smallest absolute Gasteiger partial charge is 0.211 e. The second-order valence-electron chi connectivity index (χ2n) is 6.10. The molecule has 0 unspecified atom stereocenters. The molecule has 2 aromatic heterocycles. The van der Waals surface area contributed by atoms with Crippen molar-refractivity contribution in [3.63, 3.8) is 0 Å². The zero-order valence-corrected chi connectivity index (χ0v) is 18.3. The van der Waals surface area contributed by atoms with Crippen molar-refractivity contribution in [3.8, 4) is 5.75 Å². The Morgan fingerprint density at radius 3 is 2.83 bits per heavy atom. The summed E-state index contributed by atoms with van der Waals surface area (Å²) in [5, 5.41) is 12.3. The highest BCUT2D eigenvalue weighted by Crippen LogP contribution is 2.33. The number of ether oxygens (including phenoxy) is 1. The first-order chi connectivity index (χ1) is 13.9. The monoisotopic (exact) mass is 491 g/mol. The first kappa shape index (κ1) is 19.7. The van der Waals surface area contributed by atoms with Crippen LogP contribution in [-0.2, 0) is 16.4 Å². The number of hydrogen-bond donors (Lipinski definition) is 1. The Balaban J connectivity index is 1.60. The van der Waals surface area contributed by atoms with Crippen LogP contribution in [0.1, 0.15) is 5.56 Å². The molecule has 29 heavy (non-hydrogen) atoms. The van der Waals surface area contributed by atoms with Crippen LogP contribution in [0.5, 0.6) is 5.75 Å². The van der Waals surface area contributed by atoms with Gasteiger partial charge in [0.05, 0.1) is 14.9 Å². The Morgan fingerprint density at radius 2 is 2.07 bits per heavy atom. The summed E-state index contributed by atoms with van der Waals surface area (Å²) in [6.45, 7) is 0.217. The lowest BCUT2D eigenvalue weighted by Gasteiger charge is -2.12. The van der Waals surface area contributed by atoms with Crippen LogP contribution in [-0.4, -0.2) is 34.8 Å². The number of aromatic nitrogens is 4. The Morgan fingerprint density at radius 1 is 1.21 bits per heavy atom. The highest BCUT2D eigenvalue weighted by molar-refractivity contribution is 9.10. The molecule has 0 fully saturated rings. The van der Waals surface area contributed by atoms with Gasteiger partial charge in [0.2, 0.25) is 5.13 Å². The topological polar surface area (TPSA) is 107 Å². The summed E-state index contributed by atoms with van der Waals surface area (Å²) in [7, 11) is -3.27. The zero-order valence-electron chi connectivity index (χ0n) is 15.0. The number of fused-ring (bicyclic) bond motifs is 1. The number of nitrogens with one attached hydrogen (secondary N) is 1. The van der Waals surface area contributed by atoms with Gasteiger partial charge in [0, 0.05) is 17.7 Å². The Labute approximate surface area is 179 Å². The van der Waals surface area contributed by atoms with Crippen LogP contribution in [0, 0.1) is 0 Å². The van der Waals surface area contributed by atoms with Crippen LogP contribution >= 0.6 is 27.3 Å². The molecule has 2 heterocycles. The maximum Gasteiger partial charge on any atom is 0.211 e. The number of sulfone groups is 1. The molecular formula is C18H14BrN5O3S2. The molecule has 0 spiro atoms. The molecule has 0 bridgehead atoms. The van der Waals surface area contributed by atoms with Crippen molar-refractivity contribution in [2.45, 2.75) is 11.5 Å². The lowest BCUT2D eigenvalue weighted by atomic mass is 10.2. The highest BCUT2D eigenvalue weighted by Gasteiger charge is 2.12. The van der Waals surface area contributed by atoms with Crippen molar-refractivity contribution in [3.05, 3.63) is 58.3 Å². The maximum atomic E-state index is 11.7. The summed E-state index contributed by atoms with van der Waals surface area (Å²) in [5.74, 6) is 1.20. The summed E-state index contributed by atoms with van der Waals surface area (Å²) in [5.41, 5.74) is 3.07. The molecule has 0 amide bonds. The van der Waals surface area contributed by atoms with Crippen LogP contribution in [0.2, 0.25) is 0 Å². The fourth-order valence-electron chi connectivity index (χ4n) is 2.62. The van der Waals surface area contributed by atoms with E-state index in [2.05, 4.69) is 41.4 Å². The van der Waals surface area contributed by atoms with Crippen molar-refractivity contribution in [1.29, 1.82) is 0 Å². The average molecular weight is 492 g/mol. The Bertz CT molecular complexity index is 1280. The molecule has 0 aliphatic heterocycles. The van der Waals surface area contributed by atoms with Crippen LogP contribution in [0.15, 0.2) is 57.6 Å². The van der Waals surface area contributed by atoms with E-state index in [4.69, 9.17) is 4.74 Å². The third-order valence-corrected chi connectivity index (χ3v) is 6.33. The summed E-state index contributed by atoms with van der Waals surface area (Å²) in [6.07, 6.45) is 2.64. The first-order valence-electron chi connectivity index (χ1n) is 8.29. The molecule has 4 rings (SSSR count). The molecule has 0 radical (unpaired) electrons. The van der Waals surface area contributed by atoms with Gasteiger partial charge >= 0.3 is 0 Å². The third-order valence-electron chi connectivity index (χ3n) is 4.00. The van der Waals surface area contributed by atoms with Gasteiger partial charge in [-0.05, 0) is 39.7 Å². The molecule has 0 aliphatic rings. The summed E-state index contributed by atoms with van der Waals surface area (Å²) < 4.78 is 30.1. The lowest BCUT2D eigenvalue weighted by Crippen LogP contribution is -2.01. The minimum absolute atomic E-state index is 0.217. The van der Waals surface area contributed by atoms with E-state index in [1.807, 2.05) is 12.1 Å². The predicted molar refractivity (Wildman–Crippen MR) is 114 cm³/mol. The molecule has 2 aromatic carbocycles. The second kappa shape index (κ2) is 8.01. The first-order valence-corrected chi connectivity index (χ1v) is 11.9. The van der Waals surface area contributed by atoms with Crippen LogP contribution < -0.4 is 10.1 Å². The maximum absolute atomic E-state index is 11.7. The summed E-state index contributed by atoms with van der Waals surface area (Å²) >= 11 is 4.89. The number of hydrogen-bond acceptors (Lipinski definition) is 9. The fraction of sp³-hybridized carbons (Fsp3) is 0.111. The molecule has 148 valence electrons. The minimum Gasteiger partial charge on any atom is -0.488 e. The predicted octanol–water partition coefficient (Wildman–Crippen LogP) is 3.97. The van der Waals surface area contributed by atoms with E-state index >= 15 is 0 Å². The van der Waals surface area contributed by atoms with E-state index in [-0.39, 0.29) is 11.5 Å². The van der Waals surface area contributed by atoms with Gasteiger partial charge in [-0.3, -0.25) is 0 Å². The standard InChI is InChI=1S/C18H14BrN5O3S2/c1-29(25,26)12-4-2-3-11(5-12)8-27-16-7-15-13(6-14(16)19)17(21-9-20-15)23-18-24-22-10-28-18/h2-7,9-10H,8H2,1H3,(H,20,21,23,24). The SMILES string of the molecule is CS(=O)(=O)c1cccc(COc2cc3ncnc(Nc4nncs4)c3cc2Br)c1. The van der Waals surface area contributed by atoms with E-state index in [9.17, 15) is 8.42 Å². The van der Waals surface area contributed by atoms with E-state index in [0.29, 0.717) is 22.2 Å². The van der Waals surface area contributed by atoms with Crippen molar-refractivity contribution >= 4 is 59.0 Å². The fourth-order valence-corrected chi connectivity index (χ4v) is 4.22.